The van der Waals surface area contributed by atoms with Gasteiger partial charge in [-0.15, -0.1) is 12.4 Å². The van der Waals surface area contributed by atoms with Crippen molar-refractivity contribution in [3.8, 4) is 0 Å². The Balaban J connectivity index is 0.00000400. The average Bonchev–Trinajstić information content (AvgIpc) is 2.84. The van der Waals surface area contributed by atoms with E-state index in [-0.39, 0.29) is 29.6 Å². The number of aryl methyl sites for hydroxylation is 1. The molecule has 0 aliphatic carbocycles. The van der Waals surface area contributed by atoms with Crippen molar-refractivity contribution in [3.63, 3.8) is 0 Å². The molecule has 7 heteroatoms. The molecule has 6 nitrogen and oxygen atoms in total. The van der Waals surface area contributed by atoms with Gasteiger partial charge in [0.25, 0.3) is 0 Å². The van der Waals surface area contributed by atoms with Crippen LogP contribution in [0.4, 0.5) is 0 Å². The second kappa shape index (κ2) is 8.34. The molecule has 0 bridgehead atoms. The summed E-state index contributed by atoms with van der Waals surface area (Å²) in [7, 11) is 1.80. The molecule has 0 saturated heterocycles. The number of carbonyl (C=O) groups excluding carboxylic acids is 1. The topological polar surface area (TPSA) is 85.2 Å². The maximum absolute atomic E-state index is 12.0. The molecule has 0 aliphatic rings. The lowest BCUT2D eigenvalue weighted by molar-refractivity contribution is -0.131. The molecule has 122 valence electrons. The summed E-state index contributed by atoms with van der Waals surface area (Å²) in [6.45, 7) is 9.29. The maximum Gasteiger partial charge on any atom is 0.227 e. The van der Waals surface area contributed by atoms with E-state index < -0.39 is 0 Å². The third-order valence-electron chi connectivity index (χ3n) is 3.20. The van der Waals surface area contributed by atoms with E-state index in [0.717, 1.165) is 0 Å². The molecule has 1 amide bonds. The van der Waals surface area contributed by atoms with Gasteiger partial charge in [0.2, 0.25) is 11.8 Å². The van der Waals surface area contributed by atoms with Crippen molar-refractivity contribution in [3.05, 3.63) is 11.7 Å². The summed E-state index contributed by atoms with van der Waals surface area (Å²) in [5, 5.41) is 3.88. The first kappa shape index (κ1) is 19.9. The molecule has 21 heavy (non-hydrogen) atoms. The molecule has 0 aliphatic heterocycles. The molecular weight excluding hydrogens is 292 g/mol. The Morgan fingerprint density at radius 3 is 2.52 bits per heavy atom. The zero-order valence-corrected chi connectivity index (χ0v) is 14.4. The summed E-state index contributed by atoms with van der Waals surface area (Å²) >= 11 is 0. The number of amides is 1. The van der Waals surface area contributed by atoms with Gasteiger partial charge in [0.05, 0.1) is 0 Å². The van der Waals surface area contributed by atoms with Crippen molar-refractivity contribution >= 4 is 18.3 Å². The number of nitrogens with zero attached hydrogens (tertiary/aromatic N) is 3. The van der Waals surface area contributed by atoms with Gasteiger partial charge in [-0.1, -0.05) is 32.9 Å². The second-order valence-electron chi connectivity index (χ2n) is 6.32. The van der Waals surface area contributed by atoms with E-state index in [4.69, 9.17) is 10.3 Å². The molecule has 0 atom stereocenters. The summed E-state index contributed by atoms with van der Waals surface area (Å²) in [5.41, 5.74) is 5.61. The minimum absolute atomic E-state index is 0. The highest BCUT2D eigenvalue weighted by atomic mass is 35.5. The molecule has 0 unspecified atom stereocenters. The number of hydrogen-bond acceptors (Lipinski definition) is 5. The first-order chi connectivity index (χ1) is 9.25. The fourth-order valence-corrected chi connectivity index (χ4v) is 1.80. The smallest absolute Gasteiger partial charge is 0.227 e. The SMILES string of the molecule is CC(C)c1noc(CCC(=O)N(C)CC(C)(C)CN)n1.Cl. The van der Waals surface area contributed by atoms with Gasteiger partial charge in [-0.25, -0.2) is 0 Å². The molecule has 0 spiro atoms. The monoisotopic (exact) mass is 318 g/mol. The van der Waals surface area contributed by atoms with Crippen molar-refractivity contribution in [1.29, 1.82) is 0 Å². The largest absolute Gasteiger partial charge is 0.345 e. The van der Waals surface area contributed by atoms with Crippen LogP contribution in [-0.4, -0.2) is 41.1 Å². The molecule has 0 radical (unpaired) electrons. The van der Waals surface area contributed by atoms with Crippen LogP contribution in [0.2, 0.25) is 0 Å². The standard InChI is InChI=1S/C14H26N4O2.ClH/c1-10(2)13-16-11(20-17-13)6-7-12(19)18(5)9-14(3,4)8-15;/h10H,6-9,15H2,1-5H3;1H. The highest BCUT2D eigenvalue weighted by molar-refractivity contribution is 5.85. The Morgan fingerprint density at radius 2 is 2.05 bits per heavy atom. The third kappa shape index (κ3) is 6.44. The zero-order valence-electron chi connectivity index (χ0n) is 13.5. The van der Waals surface area contributed by atoms with Crippen LogP contribution in [0, 0.1) is 5.41 Å². The molecule has 1 aromatic rings. The van der Waals surface area contributed by atoms with Gasteiger partial charge in [0, 0.05) is 32.4 Å². The molecule has 2 N–H and O–H groups in total. The summed E-state index contributed by atoms with van der Waals surface area (Å²) < 4.78 is 5.13. The average molecular weight is 319 g/mol. The molecule has 0 saturated carbocycles. The Bertz CT molecular complexity index is 446. The van der Waals surface area contributed by atoms with Crippen molar-refractivity contribution in [2.24, 2.45) is 11.1 Å². The number of halogens is 1. The van der Waals surface area contributed by atoms with Crippen molar-refractivity contribution in [2.45, 2.75) is 46.5 Å². The highest BCUT2D eigenvalue weighted by Crippen LogP contribution is 2.15. The Labute approximate surface area is 132 Å². The predicted octanol–water partition coefficient (Wildman–Crippen LogP) is 1.99. The van der Waals surface area contributed by atoms with E-state index >= 15 is 0 Å². The molecular formula is C14H27ClN4O2. The first-order valence-corrected chi connectivity index (χ1v) is 7.01. The lowest BCUT2D eigenvalue weighted by Crippen LogP contribution is -2.39. The van der Waals surface area contributed by atoms with Crippen molar-refractivity contribution in [1.82, 2.24) is 15.0 Å². The molecule has 1 aromatic heterocycles. The van der Waals surface area contributed by atoms with Gasteiger partial charge in [-0.2, -0.15) is 4.98 Å². The van der Waals surface area contributed by atoms with E-state index in [1.807, 2.05) is 27.7 Å². The van der Waals surface area contributed by atoms with Gasteiger partial charge in [0.15, 0.2) is 5.82 Å². The van der Waals surface area contributed by atoms with Crippen LogP contribution in [-0.2, 0) is 11.2 Å². The lowest BCUT2D eigenvalue weighted by Gasteiger charge is -2.29. The fourth-order valence-electron chi connectivity index (χ4n) is 1.80. The van der Waals surface area contributed by atoms with E-state index in [1.54, 1.807) is 11.9 Å². The van der Waals surface area contributed by atoms with Gasteiger partial charge < -0.3 is 15.2 Å². The van der Waals surface area contributed by atoms with Crippen LogP contribution in [0.15, 0.2) is 4.52 Å². The summed E-state index contributed by atoms with van der Waals surface area (Å²) in [5.74, 6) is 1.51. The van der Waals surface area contributed by atoms with Gasteiger partial charge in [0.1, 0.15) is 0 Å². The quantitative estimate of drug-likeness (QED) is 0.831. The lowest BCUT2D eigenvalue weighted by atomic mass is 9.93. The number of carbonyl (C=O) groups is 1. The number of hydrogen-bond donors (Lipinski definition) is 1. The number of rotatable bonds is 7. The van der Waals surface area contributed by atoms with Crippen LogP contribution in [0.1, 0.15) is 51.7 Å². The molecule has 0 aromatic carbocycles. The predicted molar refractivity (Wildman–Crippen MR) is 84.4 cm³/mol. The summed E-state index contributed by atoms with van der Waals surface area (Å²) in [6, 6.07) is 0. The highest BCUT2D eigenvalue weighted by Gasteiger charge is 2.21. The van der Waals surface area contributed by atoms with E-state index in [1.165, 1.54) is 0 Å². The van der Waals surface area contributed by atoms with Gasteiger partial charge in [-0.05, 0) is 12.0 Å². The van der Waals surface area contributed by atoms with Crippen LogP contribution >= 0.6 is 12.4 Å². The van der Waals surface area contributed by atoms with Gasteiger partial charge >= 0.3 is 0 Å². The number of nitrogens with two attached hydrogens (primary N) is 1. The Kier molecular flexibility index (Phi) is 7.89. The fraction of sp³-hybridized carbons (Fsp3) is 0.786. The van der Waals surface area contributed by atoms with E-state index in [9.17, 15) is 4.79 Å². The van der Waals surface area contributed by atoms with Crippen molar-refractivity contribution < 1.29 is 9.32 Å². The van der Waals surface area contributed by atoms with Crippen LogP contribution in [0.5, 0.6) is 0 Å². The molecule has 1 rings (SSSR count). The Hall–Kier alpha value is -1.14. The molecule has 1 heterocycles. The zero-order chi connectivity index (χ0) is 15.3. The third-order valence-corrected chi connectivity index (χ3v) is 3.20. The first-order valence-electron chi connectivity index (χ1n) is 7.01. The Morgan fingerprint density at radius 1 is 1.43 bits per heavy atom. The van der Waals surface area contributed by atoms with Crippen LogP contribution < -0.4 is 5.73 Å². The minimum atomic E-state index is -0.0697. The summed E-state index contributed by atoms with van der Waals surface area (Å²) in [4.78, 5) is 18.0. The number of aromatic nitrogens is 2. The normalized spacial score (nSPS) is 11.4. The minimum Gasteiger partial charge on any atom is -0.345 e. The van der Waals surface area contributed by atoms with E-state index in [2.05, 4.69) is 10.1 Å². The van der Waals surface area contributed by atoms with Gasteiger partial charge in [-0.3, -0.25) is 4.79 Å². The van der Waals surface area contributed by atoms with Crippen LogP contribution in [0.3, 0.4) is 0 Å². The van der Waals surface area contributed by atoms with E-state index in [0.29, 0.717) is 37.6 Å². The van der Waals surface area contributed by atoms with Crippen molar-refractivity contribution in [2.75, 3.05) is 20.1 Å². The van der Waals surface area contributed by atoms with Crippen LogP contribution in [0.25, 0.3) is 0 Å². The summed E-state index contributed by atoms with van der Waals surface area (Å²) in [6.07, 6.45) is 0.850. The second-order valence-corrected chi connectivity index (χ2v) is 6.32. The maximum atomic E-state index is 12.0. The molecule has 0 fully saturated rings.